The van der Waals surface area contributed by atoms with Crippen LogP contribution in [0, 0.1) is 5.92 Å². The van der Waals surface area contributed by atoms with E-state index in [0.29, 0.717) is 18.2 Å². The van der Waals surface area contributed by atoms with Gasteiger partial charge < -0.3 is 10.2 Å². The summed E-state index contributed by atoms with van der Waals surface area (Å²) >= 11 is 0. The van der Waals surface area contributed by atoms with Gasteiger partial charge >= 0.3 is 0 Å². The number of piperazine rings is 1. The summed E-state index contributed by atoms with van der Waals surface area (Å²) in [7, 11) is 0. The molecule has 0 saturated carbocycles. The summed E-state index contributed by atoms with van der Waals surface area (Å²) in [5.41, 5.74) is 0.374. The van der Waals surface area contributed by atoms with E-state index in [1.54, 1.807) is 6.07 Å². The molecule has 0 aliphatic carbocycles. The molecule has 2 rings (SSSR count). The quantitative estimate of drug-likeness (QED) is 0.883. The van der Waals surface area contributed by atoms with Gasteiger partial charge in [-0.25, -0.2) is 0 Å². The Hall–Kier alpha value is -1.69. The van der Waals surface area contributed by atoms with E-state index in [1.807, 2.05) is 40.7 Å². The molecule has 1 aromatic heterocycles. The number of hydrogen-bond acceptors (Lipinski definition) is 5. The van der Waals surface area contributed by atoms with Crippen LogP contribution in [0.1, 0.15) is 59.0 Å². The van der Waals surface area contributed by atoms with Crippen molar-refractivity contribution in [2.45, 2.75) is 48.5 Å². The van der Waals surface area contributed by atoms with E-state index in [4.69, 9.17) is 0 Å². The number of carbonyl (C=O) groups excluding carboxylic acids is 1. The molecule has 0 radical (unpaired) electrons. The molecule has 0 atom stereocenters. The van der Waals surface area contributed by atoms with E-state index < -0.39 is 0 Å². The highest BCUT2D eigenvalue weighted by Crippen LogP contribution is 2.13. The van der Waals surface area contributed by atoms with Gasteiger partial charge in [-0.2, -0.15) is 0 Å². The highest BCUT2D eigenvalue weighted by molar-refractivity contribution is 5.92. The number of anilines is 1. The smallest absolute Gasteiger partial charge is 0.271 e. The monoisotopic (exact) mass is 351 g/mol. The molecule has 0 unspecified atom stereocenters. The van der Waals surface area contributed by atoms with Gasteiger partial charge in [-0.15, -0.1) is 10.2 Å². The first kappa shape index (κ1) is 23.3. The lowest BCUT2D eigenvalue weighted by atomic mass is 10.2. The largest absolute Gasteiger partial charge is 0.353 e. The van der Waals surface area contributed by atoms with E-state index in [-0.39, 0.29) is 5.91 Å². The summed E-state index contributed by atoms with van der Waals surface area (Å²) in [6.07, 6.45) is 0. The van der Waals surface area contributed by atoms with Gasteiger partial charge in [0.25, 0.3) is 5.91 Å². The molecule has 25 heavy (non-hydrogen) atoms. The first-order chi connectivity index (χ1) is 12.1. The Balaban J connectivity index is 0.00000134. The van der Waals surface area contributed by atoms with Crippen LogP contribution < -0.4 is 10.2 Å². The Kier molecular flexibility index (Phi) is 12.7. The molecule has 0 bridgehead atoms. The molecule has 0 spiro atoms. The van der Waals surface area contributed by atoms with Crippen LogP contribution in [0.3, 0.4) is 0 Å². The van der Waals surface area contributed by atoms with Crippen LogP contribution in [0.25, 0.3) is 0 Å². The minimum Gasteiger partial charge on any atom is -0.353 e. The standard InChI is InChI=1S/C15H25N5O.2C2H6/c1-4-16-15(21)13-5-6-14(18-17-13)20-9-7-19(8-10-20)11-12(2)3;2*1-2/h5-6,12H,4,7-11H2,1-3H3,(H,16,21);2*1-2H3. The third kappa shape index (κ3) is 8.29. The predicted octanol–water partition coefficient (Wildman–Crippen LogP) is 3.06. The summed E-state index contributed by atoms with van der Waals surface area (Å²) < 4.78 is 0. The Morgan fingerprint density at radius 1 is 1.08 bits per heavy atom. The van der Waals surface area contributed by atoms with Gasteiger partial charge in [-0.1, -0.05) is 41.5 Å². The Morgan fingerprint density at radius 2 is 1.68 bits per heavy atom. The van der Waals surface area contributed by atoms with Crippen molar-refractivity contribution in [3.8, 4) is 0 Å². The second kappa shape index (κ2) is 13.6. The molecule has 1 saturated heterocycles. The Morgan fingerprint density at radius 3 is 2.12 bits per heavy atom. The molecule has 1 N–H and O–H groups in total. The number of nitrogens with zero attached hydrogens (tertiary/aromatic N) is 4. The molecule has 0 aromatic carbocycles. The van der Waals surface area contributed by atoms with Crippen LogP contribution in [0.5, 0.6) is 0 Å². The number of amides is 1. The fourth-order valence-electron chi connectivity index (χ4n) is 2.54. The van der Waals surface area contributed by atoms with E-state index in [9.17, 15) is 4.79 Å². The van der Waals surface area contributed by atoms with Crippen LogP contribution in [0.15, 0.2) is 12.1 Å². The van der Waals surface area contributed by atoms with Crippen molar-refractivity contribution in [2.75, 3.05) is 44.2 Å². The minimum atomic E-state index is -0.168. The molecule has 1 aliphatic heterocycles. The maximum atomic E-state index is 11.6. The van der Waals surface area contributed by atoms with Gasteiger partial charge in [-0.3, -0.25) is 9.69 Å². The van der Waals surface area contributed by atoms with E-state index in [2.05, 4.69) is 39.2 Å². The van der Waals surface area contributed by atoms with Crippen LogP contribution in [-0.4, -0.2) is 60.3 Å². The maximum absolute atomic E-state index is 11.6. The number of nitrogens with one attached hydrogen (secondary N) is 1. The first-order valence-corrected chi connectivity index (χ1v) is 9.69. The van der Waals surface area contributed by atoms with Crippen molar-refractivity contribution < 1.29 is 4.79 Å². The van der Waals surface area contributed by atoms with Gasteiger partial charge in [0.2, 0.25) is 0 Å². The average Bonchev–Trinajstić information content (AvgIpc) is 2.65. The minimum absolute atomic E-state index is 0.168. The molecule has 1 aliphatic rings. The van der Waals surface area contributed by atoms with Crippen molar-refractivity contribution in [3.05, 3.63) is 17.8 Å². The summed E-state index contributed by atoms with van der Waals surface area (Å²) in [5.74, 6) is 1.39. The normalized spacial score (nSPS) is 14.2. The second-order valence-corrected chi connectivity index (χ2v) is 5.82. The van der Waals surface area contributed by atoms with Crippen molar-refractivity contribution in [1.82, 2.24) is 20.4 Å². The SMILES string of the molecule is CC.CC.CCNC(=O)c1ccc(N2CCN(CC(C)C)CC2)nn1. The van der Waals surface area contributed by atoms with Gasteiger partial charge in [0.15, 0.2) is 11.5 Å². The lowest BCUT2D eigenvalue weighted by molar-refractivity contribution is 0.0950. The topological polar surface area (TPSA) is 61.4 Å². The third-order valence-corrected chi connectivity index (χ3v) is 3.54. The predicted molar refractivity (Wildman–Crippen MR) is 106 cm³/mol. The molecular formula is C19H37N5O. The molecular weight excluding hydrogens is 314 g/mol. The summed E-state index contributed by atoms with van der Waals surface area (Å²) in [6.45, 7) is 20.2. The second-order valence-electron chi connectivity index (χ2n) is 5.82. The van der Waals surface area contributed by atoms with Gasteiger partial charge in [0.05, 0.1) is 0 Å². The van der Waals surface area contributed by atoms with Gasteiger partial charge in [-0.05, 0) is 25.0 Å². The number of hydrogen-bond donors (Lipinski definition) is 1. The van der Waals surface area contributed by atoms with Crippen molar-refractivity contribution in [3.63, 3.8) is 0 Å². The summed E-state index contributed by atoms with van der Waals surface area (Å²) in [5, 5.41) is 10.9. The fraction of sp³-hybridized carbons (Fsp3) is 0.737. The average molecular weight is 352 g/mol. The molecule has 144 valence electrons. The fourth-order valence-corrected chi connectivity index (χ4v) is 2.54. The van der Waals surface area contributed by atoms with Crippen LogP contribution in [-0.2, 0) is 0 Å². The lowest BCUT2D eigenvalue weighted by Gasteiger charge is -2.35. The summed E-state index contributed by atoms with van der Waals surface area (Å²) in [6, 6.07) is 3.63. The third-order valence-electron chi connectivity index (χ3n) is 3.54. The number of aromatic nitrogens is 2. The van der Waals surface area contributed by atoms with Crippen LogP contribution >= 0.6 is 0 Å². The summed E-state index contributed by atoms with van der Waals surface area (Å²) in [4.78, 5) is 16.4. The molecule has 6 nitrogen and oxygen atoms in total. The van der Waals surface area contributed by atoms with Gasteiger partial charge in [0.1, 0.15) is 0 Å². The zero-order chi connectivity index (χ0) is 19.2. The maximum Gasteiger partial charge on any atom is 0.271 e. The molecule has 1 fully saturated rings. The molecule has 6 heteroatoms. The highest BCUT2D eigenvalue weighted by atomic mass is 16.1. The van der Waals surface area contributed by atoms with E-state index >= 15 is 0 Å². The van der Waals surface area contributed by atoms with Crippen LogP contribution in [0.2, 0.25) is 0 Å². The Labute approximate surface area is 154 Å². The lowest BCUT2D eigenvalue weighted by Crippen LogP contribution is -2.47. The van der Waals surface area contributed by atoms with E-state index in [0.717, 1.165) is 38.5 Å². The van der Waals surface area contributed by atoms with Crippen molar-refractivity contribution in [2.24, 2.45) is 5.92 Å². The van der Waals surface area contributed by atoms with Crippen molar-refractivity contribution in [1.29, 1.82) is 0 Å². The molecule has 1 aromatic rings. The number of carbonyl (C=O) groups is 1. The van der Waals surface area contributed by atoms with Crippen LogP contribution in [0.4, 0.5) is 5.82 Å². The highest BCUT2D eigenvalue weighted by Gasteiger charge is 2.19. The van der Waals surface area contributed by atoms with Crippen molar-refractivity contribution >= 4 is 11.7 Å². The number of rotatable bonds is 5. The van der Waals surface area contributed by atoms with E-state index in [1.165, 1.54) is 0 Å². The first-order valence-electron chi connectivity index (χ1n) is 9.69. The van der Waals surface area contributed by atoms with Gasteiger partial charge in [0, 0.05) is 39.3 Å². The molecule has 2 heterocycles. The Bertz CT molecular complexity index is 453. The zero-order valence-electron chi connectivity index (χ0n) is 17.2. The molecule has 1 amide bonds. The zero-order valence-corrected chi connectivity index (χ0v) is 17.2.